The fourth-order valence-electron chi connectivity index (χ4n) is 4.11. The van der Waals surface area contributed by atoms with E-state index in [1.807, 2.05) is 6.92 Å². The second-order valence-electron chi connectivity index (χ2n) is 7.55. The average Bonchev–Trinajstić information content (AvgIpc) is 2.80. The van der Waals surface area contributed by atoms with Crippen molar-refractivity contribution in [3.63, 3.8) is 0 Å². The molecule has 1 saturated carbocycles. The zero-order valence-electron chi connectivity index (χ0n) is 16.6. The van der Waals surface area contributed by atoms with Gasteiger partial charge in [0.15, 0.2) is 0 Å². The SMILES string of the molecule is COCCNc1nc(C)nc2c1CCN(CC1CCC(N)CC1)CC2.Cl.Cl. The molecule has 0 amide bonds. The molecule has 8 heteroatoms. The molecular formula is C19H35Cl2N5O. The first-order chi connectivity index (χ1) is 12.2. The molecule has 0 unspecified atom stereocenters. The number of rotatable bonds is 6. The highest BCUT2D eigenvalue weighted by Gasteiger charge is 2.24. The molecule has 1 aromatic heterocycles. The summed E-state index contributed by atoms with van der Waals surface area (Å²) in [5.74, 6) is 2.67. The Bertz CT molecular complexity index is 567. The number of ether oxygens (including phenoxy) is 1. The molecule has 0 atom stereocenters. The maximum absolute atomic E-state index is 6.05. The first-order valence-corrected chi connectivity index (χ1v) is 9.73. The van der Waals surface area contributed by atoms with Crippen LogP contribution in [0.2, 0.25) is 0 Å². The minimum absolute atomic E-state index is 0. The predicted octanol–water partition coefficient (Wildman–Crippen LogP) is 2.61. The second kappa shape index (κ2) is 12.0. The Morgan fingerprint density at radius 1 is 1.11 bits per heavy atom. The van der Waals surface area contributed by atoms with Crippen LogP contribution in [0.5, 0.6) is 0 Å². The summed E-state index contributed by atoms with van der Waals surface area (Å²) in [5.41, 5.74) is 8.57. The summed E-state index contributed by atoms with van der Waals surface area (Å²) in [6.45, 7) is 6.86. The maximum Gasteiger partial charge on any atom is 0.133 e. The fourth-order valence-corrected chi connectivity index (χ4v) is 4.11. The highest BCUT2D eigenvalue weighted by molar-refractivity contribution is 5.85. The van der Waals surface area contributed by atoms with Gasteiger partial charge in [-0.2, -0.15) is 0 Å². The molecule has 6 nitrogen and oxygen atoms in total. The monoisotopic (exact) mass is 419 g/mol. The maximum atomic E-state index is 6.05. The Kier molecular flexibility index (Phi) is 10.9. The lowest BCUT2D eigenvalue weighted by atomic mass is 9.86. The second-order valence-corrected chi connectivity index (χ2v) is 7.55. The molecule has 2 heterocycles. The molecule has 3 rings (SSSR count). The van der Waals surface area contributed by atoms with Gasteiger partial charge in [0, 0.05) is 51.3 Å². The first kappa shape index (κ1) is 24.4. The van der Waals surface area contributed by atoms with Crippen LogP contribution < -0.4 is 11.1 Å². The summed E-state index contributed by atoms with van der Waals surface area (Å²) in [6.07, 6.45) is 7.00. The van der Waals surface area contributed by atoms with Crippen LogP contribution >= 0.6 is 24.8 Å². The van der Waals surface area contributed by atoms with Crippen molar-refractivity contribution in [1.29, 1.82) is 0 Å². The summed E-state index contributed by atoms with van der Waals surface area (Å²) in [6, 6.07) is 0.434. The number of anilines is 1. The quantitative estimate of drug-likeness (QED) is 0.689. The molecule has 0 radical (unpaired) electrons. The van der Waals surface area contributed by atoms with E-state index in [0.29, 0.717) is 12.6 Å². The molecule has 0 aromatic carbocycles. The van der Waals surface area contributed by atoms with Gasteiger partial charge in [-0.05, 0) is 44.9 Å². The minimum Gasteiger partial charge on any atom is -0.383 e. The van der Waals surface area contributed by atoms with Crippen LogP contribution in [0, 0.1) is 12.8 Å². The summed E-state index contributed by atoms with van der Waals surface area (Å²) in [4.78, 5) is 12.0. The molecule has 0 saturated heterocycles. The summed E-state index contributed by atoms with van der Waals surface area (Å²) >= 11 is 0. The van der Waals surface area contributed by atoms with Crippen molar-refractivity contribution in [3.05, 3.63) is 17.1 Å². The normalized spacial score (nSPS) is 22.8. The van der Waals surface area contributed by atoms with Gasteiger partial charge in [0.2, 0.25) is 0 Å². The topological polar surface area (TPSA) is 76.3 Å². The van der Waals surface area contributed by atoms with Crippen LogP contribution in [0.3, 0.4) is 0 Å². The van der Waals surface area contributed by atoms with E-state index < -0.39 is 0 Å². The molecule has 1 aliphatic carbocycles. The zero-order chi connectivity index (χ0) is 17.6. The molecule has 156 valence electrons. The number of hydrogen-bond acceptors (Lipinski definition) is 6. The van der Waals surface area contributed by atoms with Crippen molar-refractivity contribution in [2.24, 2.45) is 11.7 Å². The van der Waals surface area contributed by atoms with E-state index >= 15 is 0 Å². The number of aromatic nitrogens is 2. The van der Waals surface area contributed by atoms with Gasteiger partial charge in [0.1, 0.15) is 11.6 Å². The van der Waals surface area contributed by atoms with Gasteiger partial charge in [-0.3, -0.25) is 0 Å². The van der Waals surface area contributed by atoms with E-state index in [0.717, 1.165) is 50.0 Å². The van der Waals surface area contributed by atoms with Crippen molar-refractivity contribution >= 4 is 30.6 Å². The summed E-state index contributed by atoms with van der Waals surface area (Å²) in [7, 11) is 1.73. The molecule has 1 fully saturated rings. The fraction of sp³-hybridized carbons (Fsp3) is 0.789. The van der Waals surface area contributed by atoms with Gasteiger partial charge in [0.25, 0.3) is 0 Å². The molecule has 0 bridgehead atoms. The smallest absolute Gasteiger partial charge is 0.133 e. The predicted molar refractivity (Wildman–Crippen MR) is 115 cm³/mol. The number of methoxy groups -OCH3 is 1. The molecular weight excluding hydrogens is 385 g/mol. The van der Waals surface area contributed by atoms with Crippen LogP contribution in [-0.4, -0.2) is 60.8 Å². The van der Waals surface area contributed by atoms with Crippen LogP contribution in [0.1, 0.15) is 42.8 Å². The Labute approximate surface area is 175 Å². The zero-order valence-corrected chi connectivity index (χ0v) is 18.2. The van der Waals surface area contributed by atoms with E-state index in [4.69, 9.17) is 15.5 Å². The van der Waals surface area contributed by atoms with E-state index in [9.17, 15) is 0 Å². The first-order valence-electron chi connectivity index (χ1n) is 9.73. The number of hydrogen-bond donors (Lipinski definition) is 2. The lowest BCUT2D eigenvalue weighted by Gasteiger charge is -2.31. The molecule has 3 N–H and O–H groups in total. The van der Waals surface area contributed by atoms with Gasteiger partial charge in [-0.25, -0.2) is 9.97 Å². The standard InChI is InChI=1S/C19H33N5O.2ClH/c1-14-22-18-8-11-24(13-15-3-5-16(20)6-4-15)10-7-17(18)19(23-14)21-9-12-25-2;;/h15-16H,3-13,20H2,1-2H3,(H,21,22,23);2*1H. The number of nitrogens with zero attached hydrogens (tertiary/aromatic N) is 3. The molecule has 27 heavy (non-hydrogen) atoms. The number of fused-ring (bicyclic) bond motifs is 1. The van der Waals surface area contributed by atoms with Gasteiger partial charge in [-0.1, -0.05) is 0 Å². The van der Waals surface area contributed by atoms with Gasteiger partial charge in [-0.15, -0.1) is 24.8 Å². The lowest BCUT2D eigenvalue weighted by Crippen LogP contribution is -2.35. The third-order valence-electron chi connectivity index (χ3n) is 5.55. The molecule has 1 aromatic rings. The van der Waals surface area contributed by atoms with Gasteiger partial charge < -0.3 is 20.7 Å². The Morgan fingerprint density at radius 3 is 2.52 bits per heavy atom. The van der Waals surface area contributed by atoms with Crippen molar-refractivity contribution in [2.75, 3.05) is 45.2 Å². The number of halogens is 2. The average molecular weight is 420 g/mol. The summed E-state index contributed by atoms with van der Waals surface area (Å²) in [5, 5.41) is 3.43. The minimum atomic E-state index is 0. The highest BCUT2D eigenvalue weighted by atomic mass is 35.5. The van der Waals surface area contributed by atoms with E-state index in [1.54, 1.807) is 7.11 Å². The Morgan fingerprint density at radius 2 is 1.81 bits per heavy atom. The molecule has 0 spiro atoms. The molecule has 2 aliphatic rings. The number of nitrogens with two attached hydrogens (primary N) is 1. The van der Waals surface area contributed by atoms with Crippen LogP contribution in [0.25, 0.3) is 0 Å². The summed E-state index contributed by atoms with van der Waals surface area (Å²) < 4.78 is 5.15. The Hall–Kier alpha value is -0.660. The van der Waals surface area contributed by atoms with Crippen molar-refractivity contribution in [1.82, 2.24) is 14.9 Å². The van der Waals surface area contributed by atoms with Crippen molar-refractivity contribution in [2.45, 2.75) is 51.5 Å². The van der Waals surface area contributed by atoms with Crippen molar-refractivity contribution < 1.29 is 4.74 Å². The van der Waals surface area contributed by atoms with Crippen molar-refractivity contribution in [3.8, 4) is 0 Å². The van der Waals surface area contributed by atoms with Crippen LogP contribution in [-0.2, 0) is 17.6 Å². The van der Waals surface area contributed by atoms with E-state index in [-0.39, 0.29) is 24.8 Å². The van der Waals surface area contributed by atoms with E-state index in [2.05, 4.69) is 15.2 Å². The third kappa shape index (κ3) is 7.02. The third-order valence-corrected chi connectivity index (χ3v) is 5.55. The largest absolute Gasteiger partial charge is 0.383 e. The lowest BCUT2D eigenvalue weighted by molar-refractivity contribution is 0.200. The van der Waals surface area contributed by atoms with E-state index in [1.165, 1.54) is 43.5 Å². The van der Waals surface area contributed by atoms with Gasteiger partial charge in [0.05, 0.1) is 12.3 Å². The van der Waals surface area contributed by atoms with Gasteiger partial charge >= 0.3 is 0 Å². The number of aryl methyl sites for hydroxylation is 1. The number of nitrogens with one attached hydrogen (secondary N) is 1. The molecule has 1 aliphatic heterocycles. The highest BCUT2D eigenvalue weighted by Crippen LogP contribution is 2.26. The van der Waals surface area contributed by atoms with Crippen LogP contribution in [0.4, 0.5) is 5.82 Å². The Balaban J connectivity index is 0.00000182. The van der Waals surface area contributed by atoms with Crippen LogP contribution in [0.15, 0.2) is 0 Å².